The molecule has 5 rings (SSSR count). The summed E-state index contributed by atoms with van der Waals surface area (Å²) < 4.78 is 23.8. The van der Waals surface area contributed by atoms with Gasteiger partial charge in [-0.15, -0.1) is 27.8 Å². The minimum absolute atomic E-state index is 0.0734. The second-order valence-corrected chi connectivity index (χ2v) is 11.1. The van der Waals surface area contributed by atoms with E-state index in [1.807, 2.05) is 64.1 Å². The van der Waals surface area contributed by atoms with E-state index in [0.717, 1.165) is 20.2 Å². The summed E-state index contributed by atoms with van der Waals surface area (Å²) in [5, 5.41) is 26.6. The number of methoxy groups -OCH3 is 2. The summed E-state index contributed by atoms with van der Waals surface area (Å²) in [4.78, 5) is 24.4. The summed E-state index contributed by atoms with van der Waals surface area (Å²) >= 11 is 2.47. The van der Waals surface area contributed by atoms with Crippen LogP contribution in [0, 0.1) is 0 Å². The number of thiophene rings is 2. The summed E-state index contributed by atoms with van der Waals surface area (Å²) in [6.07, 6.45) is -0.150. The van der Waals surface area contributed by atoms with E-state index in [-0.39, 0.29) is 28.9 Å². The number of carboxylic acids is 1. The Labute approximate surface area is 243 Å². The van der Waals surface area contributed by atoms with Gasteiger partial charge in [0.15, 0.2) is 16.4 Å². The van der Waals surface area contributed by atoms with Gasteiger partial charge in [-0.25, -0.2) is 4.79 Å². The van der Waals surface area contributed by atoms with Gasteiger partial charge in [-0.2, -0.15) is 5.21 Å². The number of carbonyl (C=O) groups is 2. The number of amides is 1. The normalized spacial score (nSPS) is 10.9. The highest BCUT2D eigenvalue weighted by molar-refractivity contribution is 7.22. The molecule has 3 N–H and O–H groups in total. The number of ether oxygens (including phenoxy) is 4. The first-order valence-electron chi connectivity index (χ1n) is 12.4. The number of benzene rings is 2. The molecule has 0 radical (unpaired) electrons. The second kappa shape index (κ2) is 12.8. The maximum absolute atomic E-state index is 12.5. The lowest BCUT2D eigenvalue weighted by molar-refractivity contribution is 0.0696. The fourth-order valence-electron chi connectivity index (χ4n) is 3.83. The molecule has 0 fully saturated rings. The summed E-state index contributed by atoms with van der Waals surface area (Å²) in [5.41, 5.74) is 0. The van der Waals surface area contributed by atoms with Crippen molar-refractivity contribution in [3.63, 3.8) is 0 Å². The maximum atomic E-state index is 12.5. The molecule has 2 aromatic carbocycles. The van der Waals surface area contributed by atoms with Crippen LogP contribution in [0.3, 0.4) is 0 Å². The number of hydrogen-bond acceptors (Lipinski definition) is 11. The molecule has 0 atom stereocenters. The van der Waals surface area contributed by atoms with Crippen molar-refractivity contribution < 1.29 is 33.6 Å². The molecule has 0 aliphatic rings. The minimum Gasteiger partial charge on any atom is -0.495 e. The van der Waals surface area contributed by atoms with E-state index >= 15 is 0 Å². The minimum atomic E-state index is -0.978. The van der Waals surface area contributed by atoms with Crippen LogP contribution >= 0.6 is 22.7 Å². The van der Waals surface area contributed by atoms with Crippen LogP contribution in [-0.2, 0) is 0 Å². The van der Waals surface area contributed by atoms with Crippen molar-refractivity contribution >= 4 is 60.7 Å². The molecular weight excluding hydrogens is 570 g/mol. The number of tetrazole rings is 1. The van der Waals surface area contributed by atoms with Gasteiger partial charge in [0.05, 0.1) is 35.8 Å². The van der Waals surface area contributed by atoms with Crippen LogP contribution in [0.4, 0.5) is 5.95 Å². The van der Waals surface area contributed by atoms with Crippen LogP contribution < -0.4 is 24.3 Å². The van der Waals surface area contributed by atoms with Crippen molar-refractivity contribution in [1.82, 2.24) is 20.6 Å². The third-order valence-electron chi connectivity index (χ3n) is 5.39. The molecule has 14 heteroatoms. The Balaban J connectivity index is 0.000000195. The maximum Gasteiger partial charge on any atom is 0.349 e. The van der Waals surface area contributed by atoms with Crippen LogP contribution in [-0.4, -0.2) is 64.0 Å². The molecule has 3 heterocycles. The van der Waals surface area contributed by atoms with Crippen molar-refractivity contribution in [1.29, 1.82) is 0 Å². The molecule has 12 nitrogen and oxygen atoms in total. The second-order valence-electron chi connectivity index (χ2n) is 9.02. The Morgan fingerprint density at radius 3 is 1.80 bits per heavy atom. The van der Waals surface area contributed by atoms with Gasteiger partial charge in [-0.05, 0) is 57.2 Å². The Bertz CT molecular complexity index is 1660. The first kappa shape index (κ1) is 29.6. The lowest BCUT2D eigenvalue weighted by Gasteiger charge is -2.11. The van der Waals surface area contributed by atoms with E-state index in [1.165, 1.54) is 22.7 Å². The van der Waals surface area contributed by atoms with Gasteiger partial charge in [0, 0.05) is 10.8 Å². The fourth-order valence-corrected chi connectivity index (χ4v) is 6.02. The number of hydrogen-bond donors (Lipinski definition) is 3. The molecule has 0 bridgehead atoms. The summed E-state index contributed by atoms with van der Waals surface area (Å²) in [6.45, 7) is 7.56. The van der Waals surface area contributed by atoms with Crippen LogP contribution in [0.15, 0.2) is 36.4 Å². The Morgan fingerprint density at radius 2 is 1.37 bits per heavy atom. The van der Waals surface area contributed by atoms with Crippen molar-refractivity contribution in [3.8, 4) is 23.0 Å². The molecule has 0 aliphatic heterocycles. The zero-order valence-electron chi connectivity index (χ0n) is 23.2. The van der Waals surface area contributed by atoms with Crippen molar-refractivity contribution in [3.05, 3.63) is 46.2 Å². The number of nitrogens with zero attached hydrogens (tertiary/aromatic N) is 3. The molecule has 0 unspecified atom stereocenters. The predicted octanol–water partition coefficient (Wildman–Crippen LogP) is 5.86. The van der Waals surface area contributed by atoms with Gasteiger partial charge in [0.2, 0.25) is 0 Å². The zero-order valence-corrected chi connectivity index (χ0v) is 24.8. The first-order valence-corrected chi connectivity index (χ1v) is 14.1. The van der Waals surface area contributed by atoms with Gasteiger partial charge >= 0.3 is 5.97 Å². The largest absolute Gasteiger partial charge is 0.495 e. The first-order chi connectivity index (χ1) is 19.6. The van der Waals surface area contributed by atoms with E-state index in [4.69, 9.17) is 18.9 Å². The van der Waals surface area contributed by atoms with E-state index in [9.17, 15) is 14.7 Å². The van der Waals surface area contributed by atoms with Crippen molar-refractivity contribution in [2.24, 2.45) is 0 Å². The SMILES string of the molecule is COc1cccc2c(OC(C)C)c(C(=O)Nc3nn[nH]n3)sc12.COc1cccc2c(OC(C)C)c(C(=O)O)sc12. The topological polar surface area (TPSA) is 158 Å². The number of aromatic carboxylic acids is 1. The number of rotatable bonds is 9. The molecular formula is C27H29N5O7S2. The number of aromatic amines is 1. The number of carboxylic acid groups (broad SMARTS) is 1. The standard InChI is InChI=1S/C14H15N5O3S.C13H14O4S/c1-7(2)22-10-8-5-4-6-9(21-3)11(8)23-12(10)13(20)15-14-16-18-19-17-14;1-7(2)17-10-8-5-4-6-9(16-3)11(8)18-12(10)13(14)15/h4-7H,1-3H3,(H2,15,16,17,18,19,20);4-7H,1-3H3,(H,14,15). The van der Waals surface area contributed by atoms with E-state index in [2.05, 4.69) is 25.9 Å². The Morgan fingerprint density at radius 1 is 0.854 bits per heavy atom. The number of H-pyrrole nitrogens is 1. The van der Waals surface area contributed by atoms with Crippen molar-refractivity contribution in [2.45, 2.75) is 39.9 Å². The van der Waals surface area contributed by atoms with Crippen LogP contribution in [0.1, 0.15) is 47.0 Å². The zero-order chi connectivity index (χ0) is 29.7. The monoisotopic (exact) mass is 599 g/mol. The fraction of sp³-hybridized carbons (Fsp3) is 0.296. The molecule has 3 aromatic heterocycles. The highest BCUT2D eigenvalue weighted by Crippen LogP contribution is 2.44. The number of anilines is 1. The summed E-state index contributed by atoms with van der Waals surface area (Å²) in [6, 6.07) is 11.1. The van der Waals surface area contributed by atoms with E-state index in [0.29, 0.717) is 27.9 Å². The lowest BCUT2D eigenvalue weighted by atomic mass is 10.2. The predicted molar refractivity (Wildman–Crippen MR) is 157 cm³/mol. The van der Waals surface area contributed by atoms with Gasteiger partial charge < -0.3 is 24.1 Å². The van der Waals surface area contributed by atoms with Gasteiger partial charge in [0.1, 0.15) is 16.4 Å². The average Bonchev–Trinajstić information content (AvgIpc) is 3.66. The van der Waals surface area contributed by atoms with Crippen LogP contribution in [0.25, 0.3) is 20.2 Å². The highest BCUT2D eigenvalue weighted by Gasteiger charge is 2.24. The summed E-state index contributed by atoms with van der Waals surface area (Å²) in [7, 11) is 3.16. The van der Waals surface area contributed by atoms with Gasteiger partial charge in [0.25, 0.3) is 11.9 Å². The molecule has 0 spiro atoms. The lowest BCUT2D eigenvalue weighted by Crippen LogP contribution is -2.14. The molecule has 216 valence electrons. The highest BCUT2D eigenvalue weighted by atomic mass is 32.1. The van der Waals surface area contributed by atoms with Gasteiger partial charge in [-0.1, -0.05) is 17.2 Å². The number of carbonyl (C=O) groups excluding carboxylic acids is 1. The van der Waals surface area contributed by atoms with Gasteiger partial charge in [-0.3, -0.25) is 10.1 Å². The molecule has 0 saturated heterocycles. The number of nitrogens with one attached hydrogen (secondary N) is 2. The number of aromatic nitrogens is 4. The average molecular weight is 600 g/mol. The Hall–Kier alpha value is -4.43. The molecule has 5 aromatic rings. The molecule has 41 heavy (non-hydrogen) atoms. The third kappa shape index (κ3) is 6.49. The molecule has 0 aliphatic carbocycles. The smallest absolute Gasteiger partial charge is 0.349 e. The summed E-state index contributed by atoms with van der Waals surface area (Å²) in [5.74, 6) is 1.09. The third-order valence-corrected chi connectivity index (χ3v) is 7.78. The Kier molecular flexibility index (Phi) is 9.24. The van der Waals surface area contributed by atoms with Crippen LogP contribution in [0.2, 0.25) is 0 Å². The quantitative estimate of drug-likeness (QED) is 0.187. The van der Waals surface area contributed by atoms with E-state index in [1.54, 1.807) is 14.2 Å². The number of fused-ring (bicyclic) bond motifs is 2. The van der Waals surface area contributed by atoms with E-state index < -0.39 is 5.97 Å². The van der Waals surface area contributed by atoms with Crippen LogP contribution in [0.5, 0.6) is 23.0 Å². The molecule has 0 saturated carbocycles. The van der Waals surface area contributed by atoms with Crippen molar-refractivity contribution in [2.75, 3.05) is 19.5 Å². The molecule has 1 amide bonds.